The van der Waals surface area contributed by atoms with E-state index in [1.54, 1.807) is 0 Å². The van der Waals surface area contributed by atoms with Crippen molar-refractivity contribution in [2.45, 2.75) is 65.5 Å². The molecule has 0 aromatic heterocycles. The maximum absolute atomic E-state index is 13.0. The van der Waals surface area contributed by atoms with Gasteiger partial charge in [0.1, 0.15) is 6.04 Å². The summed E-state index contributed by atoms with van der Waals surface area (Å²) in [6.45, 7) is 6.43. The molecule has 0 amide bonds. The van der Waals surface area contributed by atoms with Gasteiger partial charge in [-0.3, -0.25) is 14.3 Å². The Kier molecular flexibility index (Phi) is 9.20. The molecule has 1 saturated heterocycles. The molecule has 5 nitrogen and oxygen atoms in total. The smallest absolute Gasteiger partial charge is 0.323 e. The first-order valence-corrected chi connectivity index (χ1v) is 12.1. The molecule has 23 heavy (non-hydrogen) atoms. The van der Waals surface area contributed by atoms with Crippen molar-refractivity contribution in [3.8, 4) is 0 Å². The van der Waals surface area contributed by atoms with Crippen molar-refractivity contribution in [3.05, 3.63) is 0 Å². The Bertz CT molecular complexity index is 420. The van der Waals surface area contributed by atoms with E-state index in [1.165, 1.54) is 11.4 Å². The van der Waals surface area contributed by atoms with Gasteiger partial charge in [-0.1, -0.05) is 44.5 Å². The van der Waals surface area contributed by atoms with Gasteiger partial charge in [0.15, 0.2) is 0 Å². The average Bonchev–Trinajstić information content (AvgIpc) is 2.44. The van der Waals surface area contributed by atoms with Crippen LogP contribution in [0.2, 0.25) is 0 Å². The molecule has 0 aromatic carbocycles. The molecule has 0 aromatic rings. The second kappa shape index (κ2) is 10.1. The number of nitrogens with one attached hydrogen (secondary N) is 1. The molecule has 0 radical (unpaired) electrons. The zero-order valence-corrected chi connectivity index (χ0v) is 16.9. The Morgan fingerprint density at radius 2 is 2.04 bits per heavy atom. The normalized spacial score (nSPS) is 25.3. The molecule has 1 aliphatic heterocycles. The largest absolute Gasteiger partial charge is 0.462 e. The molecule has 1 aliphatic rings. The van der Waals surface area contributed by atoms with Crippen molar-refractivity contribution >= 4 is 23.8 Å². The molecular weight excluding hydrogens is 331 g/mol. The van der Waals surface area contributed by atoms with Gasteiger partial charge in [-0.25, -0.2) is 5.09 Å². The predicted octanol–water partition coefficient (Wildman–Crippen LogP) is 3.94. The summed E-state index contributed by atoms with van der Waals surface area (Å²) in [5.41, 5.74) is 0. The molecule has 1 rings (SSSR count). The van der Waals surface area contributed by atoms with E-state index in [0.29, 0.717) is 18.6 Å². The van der Waals surface area contributed by atoms with Crippen LogP contribution in [0.15, 0.2) is 0 Å². The van der Waals surface area contributed by atoms with Crippen LogP contribution in [0.3, 0.4) is 0 Å². The van der Waals surface area contributed by atoms with Gasteiger partial charge in [-0.05, 0) is 33.2 Å². The molecule has 1 fully saturated rings. The number of hydrogen-bond donors (Lipinski definition) is 1. The van der Waals surface area contributed by atoms with Crippen molar-refractivity contribution in [1.29, 1.82) is 0 Å². The maximum Gasteiger partial charge on any atom is 0.323 e. The second-order valence-electron chi connectivity index (χ2n) is 6.84. The Hall–Kier alpha value is -0.0300. The Labute approximate surface area is 145 Å². The highest BCUT2D eigenvalue weighted by Crippen LogP contribution is 2.57. The fraction of sp³-hybridized carbons (Fsp3) is 0.938. The second-order valence-corrected chi connectivity index (χ2v) is 11.9. The highest BCUT2D eigenvalue weighted by molar-refractivity contribution is 8.57. The van der Waals surface area contributed by atoms with E-state index in [-0.39, 0.29) is 12.1 Å². The highest BCUT2D eigenvalue weighted by atomic mass is 32.7. The molecule has 136 valence electrons. The third-order valence-corrected chi connectivity index (χ3v) is 8.88. The Morgan fingerprint density at radius 1 is 1.35 bits per heavy atom. The van der Waals surface area contributed by atoms with Crippen molar-refractivity contribution < 1.29 is 14.1 Å². The minimum absolute atomic E-state index is 0.149. The summed E-state index contributed by atoms with van der Waals surface area (Å²) in [5.74, 6) is 1.22. The lowest BCUT2D eigenvalue weighted by Gasteiger charge is -2.32. The summed E-state index contributed by atoms with van der Waals surface area (Å²) in [7, 11) is 1.97. The van der Waals surface area contributed by atoms with Gasteiger partial charge in [-0.2, -0.15) is 0 Å². The zero-order chi connectivity index (χ0) is 17.5. The Morgan fingerprint density at radius 3 is 2.61 bits per heavy atom. The molecule has 1 unspecified atom stereocenters. The van der Waals surface area contributed by atoms with Crippen LogP contribution in [0.1, 0.15) is 53.4 Å². The molecule has 0 aliphatic carbocycles. The van der Waals surface area contributed by atoms with Crippen LogP contribution in [0.5, 0.6) is 0 Å². The van der Waals surface area contributed by atoms with Gasteiger partial charge in [0.2, 0.25) is 6.49 Å². The third kappa shape index (κ3) is 8.06. The fourth-order valence-electron chi connectivity index (χ4n) is 2.51. The van der Waals surface area contributed by atoms with Gasteiger partial charge in [-0.15, -0.1) is 0 Å². The number of hydrogen-bond acceptors (Lipinski definition) is 5. The van der Waals surface area contributed by atoms with E-state index in [1.807, 2.05) is 20.9 Å². The van der Waals surface area contributed by atoms with Gasteiger partial charge < -0.3 is 4.74 Å². The zero-order valence-electron chi connectivity index (χ0n) is 15.2. The minimum Gasteiger partial charge on any atom is -0.462 e. The van der Waals surface area contributed by atoms with E-state index < -0.39 is 12.5 Å². The van der Waals surface area contributed by atoms with Gasteiger partial charge in [0.05, 0.1) is 12.4 Å². The van der Waals surface area contributed by atoms with Gasteiger partial charge >= 0.3 is 5.97 Å². The predicted molar refractivity (Wildman–Crippen MR) is 99.0 cm³/mol. The molecule has 1 heterocycles. The Balaban J connectivity index is 2.66. The first kappa shape index (κ1) is 21.0. The summed E-state index contributed by atoms with van der Waals surface area (Å²) in [4.78, 5) is 14.4. The van der Waals surface area contributed by atoms with Crippen LogP contribution in [0, 0.1) is 5.92 Å². The van der Waals surface area contributed by atoms with Crippen LogP contribution < -0.4 is 5.09 Å². The van der Waals surface area contributed by atoms with E-state index in [4.69, 9.17) is 4.74 Å². The van der Waals surface area contributed by atoms with Crippen molar-refractivity contribution in [1.82, 2.24) is 9.99 Å². The molecule has 1 N–H and O–H groups in total. The summed E-state index contributed by atoms with van der Waals surface area (Å²) in [6.07, 6.45) is 4.22. The molecule has 0 bridgehead atoms. The fourth-order valence-corrected chi connectivity index (χ4v) is 7.50. The summed E-state index contributed by atoms with van der Waals surface area (Å²) >= 11 is 1.47. The molecule has 3 atom stereocenters. The van der Waals surface area contributed by atoms with E-state index in [0.717, 1.165) is 31.6 Å². The van der Waals surface area contributed by atoms with Crippen molar-refractivity contribution in [2.75, 3.05) is 25.6 Å². The summed E-state index contributed by atoms with van der Waals surface area (Å²) in [5, 5.41) is 3.16. The standard InChI is InChI=1S/C16H33N2O3PS/c1-6-14(4)8-7-9-15(16(19)21-13(2)3)17-22(20)12-18(5)10-11-23-22/h13-15H,6-12H2,1-5H3,(H,17,20)/t14?,15-,22-/m0/s1. The van der Waals surface area contributed by atoms with Crippen LogP contribution in [-0.2, 0) is 14.1 Å². The lowest BCUT2D eigenvalue weighted by atomic mass is 10.00. The first-order chi connectivity index (χ1) is 10.8. The van der Waals surface area contributed by atoms with Crippen LogP contribution in [-0.4, -0.2) is 48.6 Å². The van der Waals surface area contributed by atoms with E-state index in [9.17, 15) is 9.36 Å². The van der Waals surface area contributed by atoms with Gasteiger partial charge in [0, 0.05) is 12.3 Å². The van der Waals surface area contributed by atoms with Crippen LogP contribution in [0.4, 0.5) is 0 Å². The number of carbonyl (C=O) groups excluding carboxylic acids is 1. The highest BCUT2D eigenvalue weighted by Gasteiger charge is 2.34. The number of esters is 1. The molecule has 7 heteroatoms. The number of rotatable bonds is 9. The lowest BCUT2D eigenvalue weighted by molar-refractivity contribution is -0.149. The van der Waals surface area contributed by atoms with Crippen LogP contribution >= 0.6 is 17.9 Å². The number of carbonyl (C=O) groups is 1. The number of nitrogens with zero attached hydrogens (tertiary/aromatic N) is 1. The lowest BCUT2D eigenvalue weighted by Crippen LogP contribution is -2.40. The van der Waals surface area contributed by atoms with Gasteiger partial charge in [0.25, 0.3) is 0 Å². The topological polar surface area (TPSA) is 58.6 Å². The van der Waals surface area contributed by atoms with Crippen molar-refractivity contribution in [3.63, 3.8) is 0 Å². The minimum atomic E-state index is -2.60. The summed E-state index contributed by atoms with van der Waals surface area (Å²) in [6, 6.07) is -0.466. The quantitative estimate of drug-likeness (QED) is 0.494. The maximum atomic E-state index is 13.0. The molecule has 0 saturated carbocycles. The van der Waals surface area contributed by atoms with E-state index >= 15 is 0 Å². The van der Waals surface area contributed by atoms with Crippen molar-refractivity contribution in [2.24, 2.45) is 5.92 Å². The average molecular weight is 364 g/mol. The first-order valence-electron chi connectivity index (χ1n) is 8.66. The number of ether oxygens (including phenoxy) is 1. The van der Waals surface area contributed by atoms with E-state index in [2.05, 4.69) is 23.8 Å². The SMILES string of the molecule is CCC(C)CCC[C@H](N[P@]1(=O)CN(C)CCS1)C(=O)OC(C)C. The third-order valence-electron chi connectivity index (χ3n) is 4.08. The summed E-state index contributed by atoms with van der Waals surface area (Å²) < 4.78 is 18.4. The monoisotopic (exact) mass is 364 g/mol. The van der Waals surface area contributed by atoms with Crippen LogP contribution in [0.25, 0.3) is 0 Å². The molecule has 0 spiro atoms. The molecular formula is C16H33N2O3PS.